The minimum atomic E-state index is -4.19. The third-order valence-electron chi connectivity index (χ3n) is 10.0. The van der Waals surface area contributed by atoms with Gasteiger partial charge in [0.2, 0.25) is 0 Å². The number of unbranched alkanes of at least 4 members (excludes halogenated alkanes) is 19. The molecule has 0 aliphatic heterocycles. The number of hydrogen-bond acceptors (Lipinski definition) is 6. The number of carbonyl (C=O) groups excluding carboxylic acids is 2. The van der Waals surface area contributed by atoms with Crippen molar-refractivity contribution in [3.05, 3.63) is 0 Å². The maximum atomic E-state index is 12.6. The zero-order chi connectivity index (χ0) is 42.7. The van der Waals surface area contributed by atoms with Gasteiger partial charge in [0, 0.05) is 38.6 Å². The third kappa shape index (κ3) is 43.6. The van der Waals surface area contributed by atoms with E-state index in [1.54, 1.807) is 0 Å². The lowest BCUT2D eigenvalue weighted by Crippen LogP contribution is -2.29. The molecule has 0 heterocycles. The molecule has 0 fully saturated rings. The summed E-state index contributed by atoms with van der Waals surface area (Å²) >= 11 is 0. The highest BCUT2D eigenvalue weighted by Crippen LogP contribution is 2.26. The Bertz CT molecular complexity index is 948. The number of halogens is 9. The third-order valence-corrected chi connectivity index (χ3v) is 10.0. The van der Waals surface area contributed by atoms with Crippen molar-refractivity contribution >= 4 is 11.9 Å². The largest absolute Gasteiger partial charge is 0.466 e. The number of aliphatic hydroxyl groups is 1. The summed E-state index contributed by atoms with van der Waals surface area (Å²) in [5, 5.41) is 9.48. The Balaban J connectivity index is 4.06. The van der Waals surface area contributed by atoms with Crippen LogP contribution in [-0.2, 0) is 19.1 Å². The molecule has 0 aromatic carbocycles. The molecule has 0 rings (SSSR count). The minimum Gasteiger partial charge on any atom is -0.466 e. The molecule has 1 N–H and O–H groups in total. The average molecular weight is 844 g/mol. The van der Waals surface area contributed by atoms with Gasteiger partial charge in [-0.1, -0.05) is 89.9 Å². The predicted molar refractivity (Wildman–Crippen MR) is 206 cm³/mol. The second-order valence-electron chi connectivity index (χ2n) is 15.6. The van der Waals surface area contributed by atoms with E-state index in [2.05, 4.69) is 4.90 Å². The first-order chi connectivity index (χ1) is 27.0. The highest BCUT2D eigenvalue weighted by molar-refractivity contribution is 5.69. The molecule has 0 aromatic heterocycles. The van der Waals surface area contributed by atoms with E-state index in [4.69, 9.17) is 9.47 Å². The Kier molecular flexibility index (Phi) is 33.9. The van der Waals surface area contributed by atoms with E-state index in [-0.39, 0.29) is 44.2 Å². The summed E-state index contributed by atoms with van der Waals surface area (Å²) in [6.07, 6.45) is 3.13. The first kappa shape index (κ1) is 55.2. The monoisotopic (exact) mass is 844 g/mol. The Morgan fingerprint density at radius 2 is 0.789 bits per heavy atom. The number of nitrogens with zero attached hydrogens (tertiary/aromatic N) is 1. The molecule has 0 amide bonds. The average Bonchev–Trinajstić information content (AvgIpc) is 3.11. The number of esters is 2. The summed E-state index contributed by atoms with van der Waals surface area (Å²) in [5.74, 6) is -0.529. The standard InChI is InChI=1S/C42H74F9NO5/c43-40(44,45)29-19-9-3-1-2-4-12-24-36-56-38(54)27-18-14-23-33-52(34-35-53)32-22-11-6-8-17-28-39(55)57-37(26-16-13-21-31-42(49,50)51)25-15-7-5-10-20-30-41(46,47)48/h37,53H,1-36H2. The molecule has 1 atom stereocenters. The molecule has 0 aromatic rings. The summed E-state index contributed by atoms with van der Waals surface area (Å²) in [6, 6.07) is 0. The van der Waals surface area contributed by atoms with E-state index in [9.17, 15) is 54.2 Å². The topological polar surface area (TPSA) is 76.1 Å². The smallest absolute Gasteiger partial charge is 0.389 e. The predicted octanol–water partition coefficient (Wildman–Crippen LogP) is 13.5. The molecular weight excluding hydrogens is 769 g/mol. The van der Waals surface area contributed by atoms with Gasteiger partial charge in [-0.15, -0.1) is 0 Å². The molecule has 0 saturated heterocycles. The molecule has 0 radical (unpaired) electrons. The second kappa shape index (κ2) is 35.0. The fourth-order valence-electron chi connectivity index (χ4n) is 6.75. The van der Waals surface area contributed by atoms with Crippen LogP contribution in [0.15, 0.2) is 0 Å². The van der Waals surface area contributed by atoms with E-state index in [1.807, 2.05) is 0 Å². The van der Waals surface area contributed by atoms with E-state index in [1.165, 1.54) is 0 Å². The van der Waals surface area contributed by atoms with Gasteiger partial charge >= 0.3 is 30.5 Å². The van der Waals surface area contributed by atoms with Crippen molar-refractivity contribution in [1.82, 2.24) is 4.90 Å². The normalized spacial score (nSPS) is 13.0. The van der Waals surface area contributed by atoms with Crippen LogP contribution in [0.2, 0.25) is 0 Å². The molecule has 57 heavy (non-hydrogen) atoms. The Morgan fingerprint density at radius 1 is 0.439 bits per heavy atom. The molecule has 15 heteroatoms. The number of carbonyl (C=O) groups is 2. The Morgan fingerprint density at radius 3 is 1.25 bits per heavy atom. The van der Waals surface area contributed by atoms with Crippen molar-refractivity contribution in [2.45, 2.75) is 224 Å². The van der Waals surface area contributed by atoms with Gasteiger partial charge in [-0.25, -0.2) is 0 Å². The van der Waals surface area contributed by atoms with Crippen LogP contribution in [0, 0.1) is 0 Å². The highest BCUT2D eigenvalue weighted by Gasteiger charge is 2.27. The van der Waals surface area contributed by atoms with Gasteiger partial charge in [0.25, 0.3) is 0 Å². The molecule has 6 nitrogen and oxygen atoms in total. The molecule has 0 saturated carbocycles. The van der Waals surface area contributed by atoms with Gasteiger partial charge in [0.15, 0.2) is 0 Å². The molecule has 340 valence electrons. The molecule has 1 unspecified atom stereocenters. The lowest BCUT2D eigenvalue weighted by atomic mass is 10.0. The Hall–Kier alpha value is -1.77. The summed E-state index contributed by atoms with van der Waals surface area (Å²) in [4.78, 5) is 26.8. The van der Waals surface area contributed by atoms with Crippen molar-refractivity contribution < 1.29 is 63.7 Å². The van der Waals surface area contributed by atoms with Gasteiger partial charge in [-0.05, 0) is 90.1 Å². The minimum absolute atomic E-state index is 0.0242. The van der Waals surface area contributed by atoms with Crippen molar-refractivity contribution in [2.75, 3.05) is 32.8 Å². The lowest BCUT2D eigenvalue weighted by Gasteiger charge is -2.21. The zero-order valence-electron chi connectivity index (χ0n) is 34.5. The van der Waals surface area contributed by atoms with Crippen LogP contribution in [0.3, 0.4) is 0 Å². The van der Waals surface area contributed by atoms with Crippen molar-refractivity contribution in [1.29, 1.82) is 0 Å². The lowest BCUT2D eigenvalue weighted by molar-refractivity contribution is -0.150. The number of alkyl halides is 9. The van der Waals surface area contributed by atoms with Gasteiger partial charge in [-0.2, -0.15) is 39.5 Å². The number of hydrogen-bond donors (Lipinski definition) is 1. The fraction of sp³-hybridized carbons (Fsp3) is 0.952. The quantitative estimate of drug-likeness (QED) is 0.0377. The van der Waals surface area contributed by atoms with Crippen molar-refractivity contribution in [3.8, 4) is 0 Å². The van der Waals surface area contributed by atoms with Crippen LogP contribution in [0.4, 0.5) is 39.5 Å². The molecule has 0 aliphatic carbocycles. The van der Waals surface area contributed by atoms with E-state index in [0.717, 1.165) is 96.6 Å². The number of rotatable bonds is 39. The molecule has 0 bridgehead atoms. The van der Waals surface area contributed by atoms with Gasteiger partial charge in [0.1, 0.15) is 6.10 Å². The van der Waals surface area contributed by atoms with Crippen molar-refractivity contribution in [2.24, 2.45) is 0 Å². The molecular formula is C42H74F9NO5. The molecule has 0 aliphatic rings. The fourth-order valence-corrected chi connectivity index (χ4v) is 6.75. The van der Waals surface area contributed by atoms with Crippen LogP contribution in [0.5, 0.6) is 0 Å². The highest BCUT2D eigenvalue weighted by atomic mass is 19.4. The van der Waals surface area contributed by atoms with E-state index >= 15 is 0 Å². The SMILES string of the molecule is O=C(CCCCCN(CCO)CCCCCCCC(=O)OC(CCCCCCCC(F)(F)F)CCCCCC(F)(F)F)OCCCCCCCCCCC(F)(F)F. The van der Waals surface area contributed by atoms with Gasteiger partial charge in [0.05, 0.1) is 13.2 Å². The Labute approximate surface area is 336 Å². The van der Waals surface area contributed by atoms with Crippen LogP contribution < -0.4 is 0 Å². The van der Waals surface area contributed by atoms with E-state index < -0.39 is 43.9 Å². The first-order valence-corrected chi connectivity index (χ1v) is 21.9. The molecule has 0 spiro atoms. The summed E-state index contributed by atoms with van der Waals surface area (Å²) in [7, 11) is 0. The maximum Gasteiger partial charge on any atom is 0.389 e. The van der Waals surface area contributed by atoms with Crippen LogP contribution in [0.25, 0.3) is 0 Å². The van der Waals surface area contributed by atoms with Gasteiger partial charge in [-0.3, -0.25) is 9.59 Å². The second-order valence-corrected chi connectivity index (χ2v) is 15.6. The van der Waals surface area contributed by atoms with Gasteiger partial charge < -0.3 is 19.5 Å². The van der Waals surface area contributed by atoms with Crippen molar-refractivity contribution in [3.63, 3.8) is 0 Å². The number of ether oxygens (including phenoxy) is 2. The summed E-state index contributed by atoms with van der Waals surface area (Å²) in [5.41, 5.74) is 0. The van der Waals surface area contributed by atoms with Crippen LogP contribution in [-0.4, -0.2) is 79.4 Å². The van der Waals surface area contributed by atoms with Crippen LogP contribution in [0.1, 0.15) is 199 Å². The maximum absolute atomic E-state index is 12.6. The number of aliphatic hydroxyl groups excluding tert-OH is 1. The van der Waals surface area contributed by atoms with Crippen LogP contribution >= 0.6 is 0 Å². The summed E-state index contributed by atoms with van der Waals surface area (Å²) < 4.78 is 122. The van der Waals surface area contributed by atoms with E-state index in [0.29, 0.717) is 83.8 Å². The first-order valence-electron chi connectivity index (χ1n) is 21.9. The zero-order valence-corrected chi connectivity index (χ0v) is 34.5. The summed E-state index contributed by atoms with van der Waals surface area (Å²) in [6.45, 7) is 2.70.